The highest BCUT2D eigenvalue weighted by Gasteiger charge is 2.13. The van der Waals surface area contributed by atoms with Crippen LogP contribution < -0.4 is 4.74 Å². The summed E-state index contributed by atoms with van der Waals surface area (Å²) in [5.74, 6) is 1.05. The van der Waals surface area contributed by atoms with Gasteiger partial charge in [0.2, 0.25) is 0 Å². The molecule has 1 N–H and O–H groups in total. The van der Waals surface area contributed by atoms with Gasteiger partial charge in [-0.1, -0.05) is 30.3 Å². The normalized spacial score (nSPS) is 10.8. The van der Waals surface area contributed by atoms with Gasteiger partial charge in [0.15, 0.2) is 18.2 Å². The van der Waals surface area contributed by atoms with Crippen molar-refractivity contribution in [1.29, 1.82) is 0 Å². The first-order valence-corrected chi connectivity index (χ1v) is 9.06. The summed E-state index contributed by atoms with van der Waals surface area (Å²) in [6, 6.07) is 16.5. The topological polar surface area (TPSA) is 73.1 Å². The quantitative estimate of drug-likeness (QED) is 0.512. The molecule has 4 aromatic rings. The lowest BCUT2D eigenvalue weighted by Crippen LogP contribution is -1.97. The van der Waals surface area contributed by atoms with Crippen molar-refractivity contribution in [2.75, 3.05) is 0 Å². The minimum absolute atomic E-state index is 0.0395. The van der Waals surface area contributed by atoms with Gasteiger partial charge >= 0.3 is 0 Å². The maximum Gasteiger partial charge on any atom is 0.189 e. The summed E-state index contributed by atoms with van der Waals surface area (Å²) in [5, 5.41) is 13.8. The van der Waals surface area contributed by atoms with E-state index in [-0.39, 0.29) is 18.1 Å². The van der Waals surface area contributed by atoms with Crippen LogP contribution in [0, 0.1) is 0 Å². The van der Waals surface area contributed by atoms with Gasteiger partial charge in [-0.05, 0) is 29.8 Å². The minimum atomic E-state index is -0.0395. The number of ether oxygens (including phenoxy) is 1. The van der Waals surface area contributed by atoms with Crippen molar-refractivity contribution in [3.05, 3.63) is 78.9 Å². The van der Waals surface area contributed by atoms with Gasteiger partial charge in [-0.25, -0.2) is 4.98 Å². The molecule has 0 atom stereocenters. The molecule has 28 heavy (non-hydrogen) atoms. The molecular formula is C20H15FN4O2S. The lowest BCUT2D eigenvalue weighted by atomic mass is 10.0. The van der Waals surface area contributed by atoms with Crippen LogP contribution >= 0.6 is 12.3 Å². The van der Waals surface area contributed by atoms with Gasteiger partial charge in [0.05, 0.1) is 0 Å². The van der Waals surface area contributed by atoms with E-state index < -0.39 is 0 Å². The lowest BCUT2D eigenvalue weighted by molar-refractivity contribution is 0.307. The molecule has 0 aliphatic heterocycles. The van der Waals surface area contributed by atoms with E-state index in [0.717, 1.165) is 9.65 Å². The molecule has 0 spiro atoms. The highest BCUT2D eigenvalue weighted by Crippen LogP contribution is 2.35. The summed E-state index contributed by atoms with van der Waals surface area (Å²) >= 11 is -0.0395. The molecule has 0 unspecified atom stereocenters. The number of nitrogens with zero attached hydrogens (tertiary/aromatic N) is 4. The van der Waals surface area contributed by atoms with Crippen molar-refractivity contribution < 1.29 is 13.7 Å². The van der Waals surface area contributed by atoms with Crippen LogP contribution in [0.4, 0.5) is 3.89 Å². The molecule has 0 saturated heterocycles. The Balaban J connectivity index is 1.69. The van der Waals surface area contributed by atoms with Crippen LogP contribution in [0.15, 0.2) is 73.3 Å². The third kappa shape index (κ3) is 3.81. The average Bonchev–Trinajstić information content (AvgIpc) is 3.23. The zero-order valence-corrected chi connectivity index (χ0v) is 15.4. The summed E-state index contributed by atoms with van der Waals surface area (Å²) in [5.41, 5.74) is 3.00. The van der Waals surface area contributed by atoms with Gasteiger partial charge in [0, 0.05) is 29.1 Å². The Hall–Kier alpha value is -3.39. The zero-order valence-electron chi connectivity index (χ0n) is 14.6. The van der Waals surface area contributed by atoms with Gasteiger partial charge < -0.3 is 9.84 Å². The van der Waals surface area contributed by atoms with Crippen molar-refractivity contribution in [3.8, 4) is 34.0 Å². The van der Waals surface area contributed by atoms with Gasteiger partial charge in [0.1, 0.15) is 24.4 Å². The predicted octanol–water partition coefficient (Wildman–Crippen LogP) is 4.67. The van der Waals surface area contributed by atoms with Crippen LogP contribution in [0.1, 0.15) is 5.56 Å². The number of aromatic hydroxyl groups is 1. The highest BCUT2D eigenvalue weighted by molar-refractivity contribution is 7.92. The molecule has 0 saturated carbocycles. The Morgan fingerprint density at radius 2 is 1.86 bits per heavy atom. The number of rotatable bonds is 6. The predicted molar refractivity (Wildman–Crippen MR) is 105 cm³/mol. The SMILES string of the molecule is Oc1ccc(OCc2ccccc2)c(-c2cncc(-c3ncnn3SF)c2)c1. The summed E-state index contributed by atoms with van der Waals surface area (Å²) in [6.07, 6.45) is 4.50. The van der Waals surface area contributed by atoms with Crippen LogP contribution in [0.3, 0.4) is 0 Å². The Morgan fingerprint density at radius 1 is 1.04 bits per heavy atom. The van der Waals surface area contributed by atoms with E-state index in [9.17, 15) is 8.99 Å². The van der Waals surface area contributed by atoms with Crippen molar-refractivity contribution in [2.24, 2.45) is 0 Å². The molecule has 0 radical (unpaired) electrons. The highest BCUT2D eigenvalue weighted by atomic mass is 32.2. The molecule has 6 nitrogen and oxygen atoms in total. The molecule has 8 heteroatoms. The molecule has 2 heterocycles. The maximum absolute atomic E-state index is 13.0. The number of phenols is 1. The van der Waals surface area contributed by atoms with E-state index in [2.05, 4.69) is 15.1 Å². The second-order valence-electron chi connectivity index (χ2n) is 5.94. The average molecular weight is 394 g/mol. The van der Waals surface area contributed by atoms with Gasteiger partial charge in [-0.2, -0.15) is 4.09 Å². The zero-order chi connectivity index (χ0) is 19.3. The molecule has 2 aromatic carbocycles. The first-order chi connectivity index (χ1) is 13.7. The number of hydrogen-bond donors (Lipinski definition) is 1. The molecule has 0 bridgehead atoms. The second-order valence-corrected chi connectivity index (χ2v) is 6.43. The monoisotopic (exact) mass is 394 g/mol. The van der Waals surface area contributed by atoms with Gasteiger partial charge in [-0.3, -0.25) is 4.98 Å². The van der Waals surface area contributed by atoms with Gasteiger partial charge in [-0.15, -0.1) is 8.98 Å². The summed E-state index contributed by atoms with van der Waals surface area (Å²) < 4.78 is 20.0. The number of pyridine rings is 1. The third-order valence-electron chi connectivity index (χ3n) is 4.09. The van der Waals surface area contributed by atoms with Crippen molar-refractivity contribution in [3.63, 3.8) is 0 Å². The van der Waals surface area contributed by atoms with Crippen LogP contribution in [0.25, 0.3) is 22.5 Å². The fourth-order valence-corrected chi connectivity index (χ4v) is 3.08. The fraction of sp³-hybridized carbons (Fsp3) is 0.0500. The van der Waals surface area contributed by atoms with E-state index in [0.29, 0.717) is 34.9 Å². The molecular weight excluding hydrogens is 379 g/mol. The maximum atomic E-state index is 13.0. The van der Waals surface area contributed by atoms with E-state index in [1.54, 1.807) is 36.7 Å². The van der Waals surface area contributed by atoms with Crippen molar-refractivity contribution in [2.45, 2.75) is 6.61 Å². The van der Waals surface area contributed by atoms with Crippen molar-refractivity contribution in [1.82, 2.24) is 19.2 Å². The number of aromatic nitrogens is 4. The molecule has 4 rings (SSSR count). The molecule has 0 aliphatic carbocycles. The van der Waals surface area contributed by atoms with Crippen LogP contribution in [0.5, 0.6) is 11.5 Å². The summed E-state index contributed by atoms with van der Waals surface area (Å²) in [7, 11) is 0. The summed E-state index contributed by atoms with van der Waals surface area (Å²) in [4.78, 5) is 8.31. The van der Waals surface area contributed by atoms with E-state index in [1.807, 2.05) is 30.3 Å². The van der Waals surface area contributed by atoms with E-state index in [4.69, 9.17) is 4.74 Å². The first-order valence-electron chi connectivity index (χ1n) is 8.39. The Labute approximate surface area is 165 Å². The van der Waals surface area contributed by atoms with Gasteiger partial charge in [0.25, 0.3) is 0 Å². The van der Waals surface area contributed by atoms with E-state index in [1.165, 1.54) is 6.33 Å². The Kier molecular flexibility index (Phi) is 5.20. The second kappa shape index (κ2) is 8.10. The molecule has 0 amide bonds. The standard InChI is InChI=1S/C20H15FN4O2S/c21-28-25-20(23-13-24-25)16-8-15(10-22-11-16)18-9-17(26)6-7-19(18)27-12-14-4-2-1-3-5-14/h1-11,13,26H,12H2. The van der Waals surface area contributed by atoms with E-state index >= 15 is 0 Å². The Morgan fingerprint density at radius 3 is 2.68 bits per heavy atom. The summed E-state index contributed by atoms with van der Waals surface area (Å²) in [6.45, 7) is 0.387. The molecule has 140 valence electrons. The molecule has 0 aliphatic rings. The number of halogens is 1. The van der Waals surface area contributed by atoms with Crippen LogP contribution in [-0.4, -0.2) is 24.3 Å². The lowest BCUT2D eigenvalue weighted by Gasteiger charge is -2.13. The number of hydrogen-bond acceptors (Lipinski definition) is 6. The molecule has 2 aromatic heterocycles. The first kappa shape index (κ1) is 18.0. The van der Waals surface area contributed by atoms with Crippen molar-refractivity contribution >= 4 is 12.3 Å². The smallest absolute Gasteiger partial charge is 0.189 e. The number of phenolic OH excluding ortho intramolecular Hbond substituents is 1. The minimum Gasteiger partial charge on any atom is -0.508 e. The third-order valence-corrected chi connectivity index (χ3v) is 4.49. The fourth-order valence-electron chi connectivity index (χ4n) is 2.78. The largest absolute Gasteiger partial charge is 0.508 e. The molecule has 0 fully saturated rings. The van der Waals surface area contributed by atoms with Crippen LogP contribution in [0.2, 0.25) is 0 Å². The number of benzene rings is 2. The Bertz CT molecular complexity index is 1090. The van der Waals surface area contributed by atoms with Crippen LogP contribution in [-0.2, 0) is 6.61 Å².